The Morgan fingerprint density at radius 3 is 2.68 bits per heavy atom. The van der Waals surface area contributed by atoms with Crippen molar-refractivity contribution in [3.63, 3.8) is 0 Å². The van der Waals surface area contributed by atoms with Gasteiger partial charge in [-0.2, -0.15) is 0 Å². The molecule has 1 aliphatic heterocycles. The number of anilines is 1. The molecule has 1 aromatic carbocycles. The Balaban J connectivity index is 1.56. The summed E-state index contributed by atoms with van der Waals surface area (Å²) in [5.74, 6) is 0.398. The van der Waals surface area contributed by atoms with E-state index in [9.17, 15) is 9.18 Å². The zero-order valence-electron chi connectivity index (χ0n) is 14.7. The number of carbonyl (C=O) groups is 1. The monoisotopic (exact) mass is 361 g/mol. The Labute approximate surface area is 152 Å². The van der Waals surface area contributed by atoms with Crippen molar-refractivity contribution in [2.45, 2.75) is 39.7 Å². The number of nitrogens with zero attached hydrogens (tertiary/aromatic N) is 2. The van der Waals surface area contributed by atoms with Crippen LogP contribution in [0.25, 0.3) is 0 Å². The predicted molar refractivity (Wildman–Crippen MR) is 99.3 cm³/mol. The van der Waals surface area contributed by atoms with E-state index in [1.165, 1.54) is 29.9 Å². The van der Waals surface area contributed by atoms with Crippen molar-refractivity contribution in [1.82, 2.24) is 9.88 Å². The number of benzene rings is 1. The van der Waals surface area contributed by atoms with Crippen LogP contribution in [0.2, 0.25) is 0 Å². The van der Waals surface area contributed by atoms with Gasteiger partial charge in [0.1, 0.15) is 5.82 Å². The van der Waals surface area contributed by atoms with Gasteiger partial charge < -0.3 is 5.32 Å². The van der Waals surface area contributed by atoms with Crippen LogP contribution in [0.5, 0.6) is 0 Å². The molecule has 1 N–H and O–H groups in total. The van der Waals surface area contributed by atoms with Crippen molar-refractivity contribution >= 4 is 22.4 Å². The van der Waals surface area contributed by atoms with Gasteiger partial charge in [-0.1, -0.05) is 19.1 Å². The summed E-state index contributed by atoms with van der Waals surface area (Å²) in [6, 6.07) is 6.00. The summed E-state index contributed by atoms with van der Waals surface area (Å²) < 4.78 is 12.9. The maximum atomic E-state index is 12.9. The second-order valence-electron chi connectivity index (χ2n) is 6.84. The minimum Gasteiger partial charge on any atom is -0.302 e. The number of hydrogen-bond acceptors (Lipinski definition) is 4. The van der Waals surface area contributed by atoms with E-state index in [4.69, 9.17) is 0 Å². The summed E-state index contributed by atoms with van der Waals surface area (Å²) >= 11 is 1.55. The van der Waals surface area contributed by atoms with E-state index in [0.717, 1.165) is 36.8 Å². The van der Waals surface area contributed by atoms with Gasteiger partial charge in [0.15, 0.2) is 5.13 Å². The third kappa shape index (κ3) is 5.09. The van der Waals surface area contributed by atoms with E-state index in [1.807, 2.05) is 6.92 Å². The van der Waals surface area contributed by atoms with Gasteiger partial charge in [0.25, 0.3) is 0 Å². The van der Waals surface area contributed by atoms with Gasteiger partial charge in [0.05, 0.1) is 12.1 Å². The molecule has 0 spiro atoms. The maximum Gasteiger partial charge on any atom is 0.230 e. The van der Waals surface area contributed by atoms with Gasteiger partial charge in [0, 0.05) is 11.4 Å². The average Bonchev–Trinajstić information content (AvgIpc) is 2.91. The van der Waals surface area contributed by atoms with Crippen LogP contribution in [0.15, 0.2) is 24.3 Å². The van der Waals surface area contributed by atoms with Crippen molar-refractivity contribution in [2.75, 3.05) is 18.4 Å². The summed E-state index contributed by atoms with van der Waals surface area (Å²) in [4.78, 5) is 20.3. The van der Waals surface area contributed by atoms with E-state index in [1.54, 1.807) is 23.5 Å². The molecule has 4 nitrogen and oxygen atoms in total. The largest absolute Gasteiger partial charge is 0.302 e. The fraction of sp³-hybridized carbons (Fsp3) is 0.474. The molecule has 0 unspecified atom stereocenters. The van der Waals surface area contributed by atoms with Crippen LogP contribution in [-0.2, 0) is 17.8 Å². The molecule has 134 valence electrons. The lowest BCUT2D eigenvalue weighted by molar-refractivity contribution is -0.115. The Bertz CT molecular complexity index is 721. The lowest BCUT2D eigenvalue weighted by atomic mass is 9.99. The van der Waals surface area contributed by atoms with E-state index in [2.05, 4.69) is 22.1 Å². The van der Waals surface area contributed by atoms with Gasteiger partial charge in [-0.05, 0) is 56.5 Å². The maximum absolute atomic E-state index is 12.9. The van der Waals surface area contributed by atoms with Crippen LogP contribution < -0.4 is 5.32 Å². The second-order valence-corrected chi connectivity index (χ2v) is 7.92. The van der Waals surface area contributed by atoms with Gasteiger partial charge in [0.2, 0.25) is 5.91 Å². The van der Waals surface area contributed by atoms with Crippen LogP contribution in [-0.4, -0.2) is 28.9 Å². The van der Waals surface area contributed by atoms with E-state index in [-0.39, 0.29) is 18.1 Å². The minimum absolute atomic E-state index is 0.126. The SMILES string of the molecule is Cc1nc(NC(=O)Cc2ccc(F)cc2)sc1CN1CCC(C)CC1. The molecule has 2 heterocycles. The molecule has 1 saturated heterocycles. The van der Waals surface area contributed by atoms with Crippen molar-refractivity contribution < 1.29 is 9.18 Å². The number of nitrogens with one attached hydrogen (secondary N) is 1. The molecule has 0 bridgehead atoms. The fourth-order valence-corrected chi connectivity index (χ4v) is 4.02. The number of thiazole rings is 1. The fourth-order valence-electron chi connectivity index (χ4n) is 3.00. The molecule has 2 aromatic rings. The smallest absolute Gasteiger partial charge is 0.230 e. The quantitative estimate of drug-likeness (QED) is 0.875. The molecule has 0 saturated carbocycles. The van der Waals surface area contributed by atoms with Crippen LogP contribution >= 0.6 is 11.3 Å². The first-order valence-electron chi connectivity index (χ1n) is 8.72. The van der Waals surface area contributed by atoms with Gasteiger partial charge in [-0.25, -0.2) is 9.37 Å². The first kappa shape index (κ1) is 18.0. The molecule has 1 aliphatic rings. The van der Waals surface area contributed by atoms with Crippen molar-refractivity contribution in [3.05, 3.63) is 46.2 Å². The normalized spacial score (nSPS) is 16.1. The molecule has 3 rings (SSSR count). The molecular formula is C19H24FN3OS. The highest BCUT2D eigenvalue weighted by molar-refractivity contribution is 7.15. The first-order valence-corrected chi connectivity index (χ1v) is 9.54. The molecule has 0 aliphatic carbocycles. The summed E-state index contributed by atoms with van der Waals surface area (Å²) in [7, 11) is 0. The summed E-state index contributed by atoms with van der Waals surface area (Å²) in [6.45, 7) is 7.47. The highest BCUT2D eigenvalue weighted by Gasteiger charge is 2.18. The third-order valence-electron chi connectivity index (χ3n) is 4.66. The zero-order valence-corrected chi connectivity index (χ0v) is 15.5. The Morgan fingerprint density at radius 2 is 2.00 bits per heavy atom. The molecule has 6 heteroatoms. The molecule has 1 fully saturated rings. The molecule has 1 amide bonds. The number of aryl methyl sites for hydroxylation is 1. The Morgan fingerprint density at radius 1 is 1.32 bits per heavy atom. The lowest BCUT2D eigenvalue weighted by Gasteiger charge is -2.29. The highest BCUT2D eigenvalue weighted by Crippen LogP contribution is 2.26. The van der Waals surface area contributed by atoms with Crippen LogP contribution in [0.1, 0.15) is 35.9 Å². The number of rotatable bonds is 5. The number of likely N-dealkylation sites (tertiary alicyclic amines) is 1. The standard InChI is InChI=1S/C19H24FN3OS/c1-13-7-9-23(10-8-13)12-17-14(2)21-19(25-17)22-18(24)11-15-3-5-16(20)6-4-15/h3-6,13H,7-12H2,1-2H3,(H,21,22,24). The molecule has 1 aromatic heterocycles. The number of piperidine rings is 1. The number of amides is 1. The molecule has 25 heavy (non-hydrogen) atoms. The molecular weight excluding hydrogens is 337 g/mol. The van der Waals surface area contributed by atoms with Gasteiger partial charge in [-0.15, -0.1) is 11.3 Å². The van der Waals surface area contributed by atoms with Crippen LogP contribution in [0, 0.1) is 18.7 Å². The van der Waals surface area contributed by atoms with Gasteiger partial charge in [-0.3, -0.25) is 9.69 Å². The number of hydrogen-bond donors (Lipinski definition) is 1. The van der Waals surface area contributed by atoms with Crippen molar-refractivity contribution in [1.29, 1.82) is 0 Å². The Kier molecular flexibility index (Phi) is 5.81. The van der Waals surface area contributed by atoms with Gasteiger partial charge >= 0.3 is 0 Å². The summed E-state index contributed by atoms with van der Waals surface area (Å²) in [6.07, 6.45) is 2.72. The van der Waals surface area contributed by atoms with E-state index >= 15 is 0 Å². The number of aromatic nitrogens is 1. The number of carbonyl (C=O) groups excluding carboxylic acids is 1. The van der Waals surface area contributed by atoms with Crippen molar-refractivity contribution in [3.8, 4) is 0 Å². The van der Waals surface area contributed by atoms with E-state index in [0.29, 0.717) is 5.13 Å². The van der Waals surface area contributed by atoms with E-state index < -0.39 is 0 Å². The average molecular weight is 361 g/mol. The lowest BCUT2D eigenvalue weighted by Crippen LogP contribution is -2.32. The molecule has 0 atom stereocenters. The van der Waals surface area contributed by atoms with Crippen LogP contribution in [0.4, 0.5) is 9.52 Å². The first-order chi connectivity index (χ1) is 12.0. The third-order valence-corrected chi connectivity index (χ3v) is 5.72. The predicted octanol–water partition coefficient (Wildman–Crippen LogP) is 4.00. The highest BCUT2D eigenvalue weighted by atomic mass is 32.1. The molecule has 0 radical (unpaired) electrons. The topological polar surface area (TPSA) is 45.2 Å². The van der Waals surface area contributed by atoms with Crippen molar-refractivity contribution in [2.24, 2.45) is 5.92 Å². The van der Waals surface area contributed by atoms with Crippen LogP contribution in [0.3, 0.4) is 0 Å². The summed E-state index contributed by atoms with van der Waals surface area (Å²) in [5, 5.41) is 3.51. The number of halogens is 1. The minimum atomic E-state index is -0.295. The zero-order chi connectivity index (χ0) is 17.8. The summed E-state index contributed by atoms with van der Waals surface area (Å²) in [5.41, 5.74) is 1.77. The second kappa shape index (κ2) is 8.06. The Hall–Kier alpha value is -1.79.